The van der Waals surface area contributed by atoms with Crippen LogP contribution in [0.5, 0.6) is 0 Å². The van der Waals surface area contributed by atoms with Crippen molar-refractivity contribution in [3.05, 3.63) is 22.8 Å². The van der Waals surface area contributed by atoms with Gasteiger partial charge in [0.1, 0.15) is 0 Å². The van der Waals surface area contributed by atoms with Crippen LogP contribution in [0.15, 0.2) is 22.8 Å². The average Bonchev–Trinajstić information content (AvgIpc) is 2.91. The van der Waals surface area contributed by atoms with Crippen LogP contribution in [0.3, 0.4) is 0 Å². The number of rotatable bonds is 7. The summed E-state index contributed by atoms with van der Waals surface area (Å²) in [5, 5.41) is 0. The fourth-order valence-corrected chi connectivity index (χ4v) is 3.63. The van der Waals surface area contributed by atoms with Crippen LogP contribution >= 0.6 is 0 Å². The van der Waals surface area contributed by atoms with E-state index in [-0.39, 0.29) is 16.4 Å². The molecule has 0 aliphatic heterocycles. The first-order valence-corrected chi connectivity index (χ1v) is 8.83. The molecule has 0 aromatic carbocycles. The quantitative estimate of drug-likeness (QED) is 0.611. The van der Waals surface area contributed by atoms with Crippen molar-refractivity contribution in [1.82, 2.24) is 0 Å². The van der Waals surface area contributed by atoms with Gasteiger partial charge >= 0.3 is 0 Å². The molecule has 0 unspecified atom stereocenters. The fraction of sp³-hybridized carbons (Fsp3) is 0.800. The van der Waals surface area contributed by atoms with E-state index in [0.29, 0.717) is 0 Å². The first-order valence-electron chi connectivity index (χ1n) is 8.83. The third-order valence-electron chi connectivity index (χ3n) is 6.23. The van der Waals surface area contributed by atoms with Crippen molar-refractivity contribution in [1.29, 1.82) is 0 Å². The van der Waals surface area contributed by atoms with Crippen LogP contribution < -0.4 is 5.73 Å². The Morgan fingerprint density at radius 3 is 1.62 bits per heavy atom. The Bertz CT molecular complexity index is 423. The van der Waals surface area contributed by atoms with Gasteiger partial charge in [-0.1, -0.05) is 47.6 Å². The van der Waals surface area contributed by atoms with Gasteiger partial charge in [-0.05, 0) is 73.5 Å². The molecule has 122 valence electrons. The van der Waals surface area contributed by atoms with Crippen LogP contribution in [0, 0.1) is 10.8 Å². The highest BCUT2D eigenvalue weighted by molar-refractivity contribution is 5.52. The van der Waals surface area contributed by atoms with Gasteiger partial charge in [0, 0.05) is 5.54 Å². The van der Waals surface area contributed by atoms with Gasteiger partial charge in [0.2, 0.25) is 0 Å². The normalized spacial score (nSPS) is 17.5. The molecule has 21 heavy (non-hydrogen) atoms. The molecule has 0 spiro atoms. The summed E-state index contributed by atoms with van der Waals surface area (Å²) in [5.41, 5.74) is 11.5. The first kappa shape index (κ1) is 18.5. The molecule has 0 aromatic rings. The Hall–Kier alpha value is -0.560. The van der Waals surface area contributed by atoms with Crippen molar-refractivity contribution < 1.29 is 0 Å². The third kappa shape index (κ3) is 3.28. The van der Waals surface area contributed by atoms with Gasteiger partial charge in [0.05, 0.1) is 0 Å². The Morgan fingerprint density at radius 2 is 1.29 bits per heavy atom. The Morgan fingerprint density at radius 1 is 0.857 bits per heavy atom. The molecule has 2 N–H and O–H groups in total. The van der Waals surface area contributed by atoms with Crippen molar-refractivity contribution >= 4 is 0 Å². The molecule has 1 heteroatoms. The molecule has 0 aromatic heterocycles. The van der Waals surface area contributed by atoms with Gasteiger partial charge in [-0.2, -0.15) is 0 Å². The number of hydrogen-bond donors (Lipinski definition) is 1. The minimum absolute atomic E-state index is 0.221. The van der Waals surface area contributed by atoms with E-state index in [1.807, 2.05) is 0 Å². The van der Waals surface area contributed by atoms with Gasteiger partial charge in [-0.3, -0.25) is 0 Å². The lowest BCUT2D eigenvalue weighted by atomic mass is 9.65. The summed E-state index contributed by atoms with van der Waals surface area (Å²) in [6.45, 7) is 18.5. The van der Waals surface area contributed by atoms with Crippen molar-refractivity contribution in [2.24, 2.45) is 16.6 Å². The van der Waals surface area contributed by atoms with E-state index in [1.54, 1.807) is 11.1 Å². The highest BCUT2D eigenvalue weighted by Crippen LogP contribution is 2.53. The van der Waals surface area contributed by atoms with Gasteiger partial charge in [0.25, 0.3) is 0 Å². The zero-order valence-corrected chi connectivity index (χ0v) is 15.7. The van der Waals surface area contributed by atoms with E-state index in [0.717, 1.165) is 6.42 Å². The summed E-state index contributed by atoms with van der Waals surface area (Å²) in [7, 11) is 0. The molecule has 1 nitrogen and oxygen atoms in total. The third-order valence-corrected chi connectivity index (χ3v) is 6.23. The van der Waals surface area contributed by atoms with Crippen LogP contribution in [0.25, 0.3) is 0 Å². The maximum absolute atomic E-state index is 6.53. The van der Waals surface area contributed by atoms with E-state index in [1.165, 1.54) is 31.3 Å². The second-order valence-electron chi connectivity index (χ2n) is 7.93. The fourth-order valence-electron chi connectivity index (χ4n) is 3.63. The molecule has 0 fully saturated rings. The van der Waals surface area contributed by atoms with Gasteiger partial charge in [0.15, 0.2) is 0 Å². The van der Waals surface area contributed by atoms with E-state index in [2.05, 4.69) is 61.5 Å². The average molecular weight is 292 g/mol. The molecular formula is C20H37N. The predicted molar refractivity (Wildman–Crippen MR) is 95.4 cm³/mol. The molecule has 0 saturated carbocycles. The van der Waals surface area contributed by atoms with E-state index >= 15 is 0 Å². The summed E-state index contributed by atoms with van der Waals surface area (Å²) < 4.78 is 0. The molecule has 0 radical (unpaired) electrons. The monoisotopic (exact) mass is 291 g/mol. The van der Waals surface area contributed by atoms with Crippen molar-refractivity contribution in [3.8, 4) is 0 Å². The molecule has 1 aliphatic carbocycles. The molecule has 0 saturated heterocycles. The second kappa shape index (κ2) is 6.28. The Kier molecular flexibility index (Phi) is 5.53. The maximum atomic E-state index is 6.53. The summed E-state index contributed by atoms with van der Waals surface area (Å²) >= 11 is 0. The van der Waals surface area contributed by atoms with Crippen LogP contribution in [0.1, 0.15) is 87.5 Å². The minimum atomic E-state index is -0.221. The van der Waals surface area contributed by atoms with Crippen LogP contribution in [0.2, 0.25) is 0 Å². The molecule has 0 heterocycles. The van der Waals surface area contributed by atoms with Gasteiger partial charge in [-0.15, -0.1) is 0 Å². The van der Waals surface area contributed by atoms with Crippen molar-refractivity contribution in [2.75, 3.05) is 0 Å². The maximum Gasteiger partial charge on any atom is 0.0320 e. The Balaban J connectivity index is 3.52. The predicted octanol–water partition coefficient (Wildman–Crippen LogP) is 6.00. The van der Waals surface area contributed by atoms with Crippen LogP contribution in [-0.2, 0) is 0 Å². The summed E-state index contributed by atoms with van der Waals surface area (Å²) in [6, 6.07) is 0. The number of allylic oxidation sites excluding steroid dienone is 3. The zero-order chi connectivity index (χ0) is 16.5. The highest BCUT2D eigenvalue weighted by atomic mass is 14.7. The molecule has 1 aliphatic rings. The minimum Gasteiger partial charge on any atom is -0.322 e. The smallest absolute Gasteiger partial charge is 0.0320 e. The molecule has 0 amide bonds. The van der Waals surface area contributed by atoms with Gasteiger partial charge in [-0.25, -0.2) is 0 Å². The van der Waals surface area contributed by atoms with E-state index < -0.39 is 0 Å². The molecule has 1 rings (SSSR count). The highest BCUT2D eigenvalue weighted by Gasteiger charge is 2.41. The van der Waals surface area contributed by atoms with Gasteiger partial charge < -0.3 is 5.73 Å². The topological polar surface area (TPSA) is 26.0 Å². The zero-order valence-electron chi connectivity index (χ0n) is 15.7. The lowest BCUT2D eigenvalue weighted by molar-refractivity contribution is 0.319. The van der Waals surface area contributed by atoms with Crippen LogP contribution in [0.4, 0.5) is 0 Å². The SMILES string of the molecule is CCC(C)(CC)C1=CCC(C(C)(C)N)=C1C(C)(CC)CC. The van der Waals surface area contributed by atoms with E-state index in [9.17, 15) is 0 Å². The molecule has 0 bridgehead atoms. The summed E-state index contributed by atoms with van der Waals surface area (Å²) in [6.07, 6.45) is 8.27. The number of hydrogen-bond acceptors (Lipinski definition) is 1. The lowest BCUT2D eigenvalue weighted by Gasteiger charge is -2.40. The lowest BCUT2D eigenvalue weighted by Crippen LogP contribution is -2.37. The molecular weight excluding hydrogens is 254 g/mol. The second-order valence-corrected chi connectivity index (χ2v) is 7.93. The van der Waals surface area contributed by atoms with E-state index in [4.69, 9.17) is 5.73 Å². The number of nitrogens with two attached hydrogens (primary N) is 1. The first-order chi connectivity index (χ1) is 9.59. The largest absolute Gasteiger partial charge is 0.322 e. The Labute approximate surface area is 133 Å². The standard InChI is InChI=1S/C20H37N/c1-9-19(7,10-2)16-14-13-15(18(5,6)21)17(16)20(8,11-3)12-4/h14H,9-13,21H2,1-8H3. The summed E-state index contributed by atoms with van der Waals surface area (Å²) in [5.74, 6) is 0. The summed E-state index contributed by atoms with van der Waals surface area (Å²) in [4.78, 5) is 0. The van der Waals surface area contributed by atoms with Crippen molar-refractivity contribution in [2.45, 2.75) is 93.0 Å². The van der Waals surface area contributed by atoms with Crippen LogP contribution in [-0.4, -0.2) is 5.54 Å². The van der Waals surface area contributed by atoms with Crippen molar-refractivity contribution in [3.63, 3.8) is 0 Å². The molecule has 0 atom stereocenters.